The Morgan fingerprint density at radius 1 is 1.35 bits per heavy atom. The lowest BCUT2D eigenvalue weighted by Gasteiger charge is -2.31. The van der Waals surface area contributed by atoms with E-state index in [0.29, 0.717) is 11.3 Å². The summed E-state index contributed by atoms with van der Waals surface area (Å²) in [5, 5.41) is 2.87. The van der Waals surface area contributed by atoms with Gasteiger partial charge in [-0.25, -0.2) is 4.79 Å². The normalized spacial score (nSPS) is 19.4. The zero-order valence-corrected chi connectivity index (χ0v) is 11.9. The molecule has 0 spiro atoms. The van der Waals surface area contributed by atoms with Crippen molar-refractivity contribution in [2.24, 2.45) is 0 Å². The first kappa shape index (κ1) is 14.5. The zero-order valence-electron chi connectivity index (χ0n) is 11.9. The molecular weight excluding hydrogens is 256 g/mol. The minimum atomic E-state index is -0.407. The van der Waals surface area contributed by atoms with Crippen LogP contribution in [-0.2, 0) is 9.53 Å². The van der Waals surface area contributed by atoms with Crippen molar-refractivity contribution in [3.8, 4) is 0 Å². The van der Waals surface area contributed by atoms with E-state index in [2.05, 4.69) is 15.0 Å². The first-order chi connectivity index (χ1) is 9.61. The molecule has 5 heteroatoms. The van der Waals surface area contributed by atoms with E-state index in [9.17, 15) is 9.59 Å². The molecule has 1 atom stereocenters. The van der Waals surface area contributed by atoms with Crippen molar-refractivity contribution in [2.75, 3.05) is 26.0 Å². The van der Waals surface area contributed by atoms with Gasteiger partial charge in [-0.05, 0) is 44.6 Å². The standard InChI is InChI=1S/C15H20N2O3/c1-17-9-4-3-8-13(17)14(18)16-12-7-5-6-11(10-12)15(19)20-2/h5-7,10,13H,3-4,8-9H2,1-2H3,(H,16,18). The van der Waals surface area contributed by atoms with Crippen molar-refractivity contribution in [3.63, 3.8) is 0 Å². The van der Waals surface area contributed by atoms with Gasteiger partial charge in [0.2, 0.25) is 5.91 Å². The van der Waals surface area contributed by atoms with E-state index in [-0.39, 0.29) is 11.9 Å². The Kier molecular flexibility index (Phi) is 4.74. The number of methoxy groups -OCH3 is 1. The van der Waals surface area contributed by atoms with Crippen LogP contribution in [0.3, 0.4) is 0 Å². The highest BCUT2D eigenvalue weighted by atomic mass is 16.5. The van der Waals surface area contributed by atoms with Crippen molar-refractivity contribution in [3.05, 3.63) is 29.8 Å². The Labute approximate surface area is 118 Å². The number of benzene rings is 1. The number of amides is 1. The molecule has 1 amide bonds. The number of nitrogens with one attached hydrogen (secondary N) is 1. The maximum atomic E-state index is 12.3. The zero-order chi connectivity index (χ0) is 14.5. The van der Waals surface area contributed by atoms with Gasteiger partial charge in [0.15, 0.2) is 0 Å². The van der Waals surface area contributed by atoms with Crippen LogP contribution in [0.2, 0.25) is 0 Å². The van der Waals surface area contributed by atoms with Crippen LogP contribution in [0.5, 0.6) is 0 Å². The molecule has 1 aliphatic heterocycles. The molecular formula is C15H20N2O3. The van der Waals surface area contributed by atoms with Crippen LogP contribution in [0.4, 0.5) is 5.69 Å². The third kappa shape index (κ3) is 3.36. The lowest BCUT2D eigenvalue weighted by molar-refractivity contribution is -0.121. The van der Waals surface area contributed by atoms with Crippen molar-refractivity contribution < 1.29 is 14.3 Å². The van der Waals surface area contributed by atoms with E-state index in [1.54, 1.807) is 24.3 Å². The fourth-order valence-electron chi connectivity index (χ4n) is 2.47. The van der Waals surface area contributed by atoms with Crippen LogP contribution in [0.25, 0.3) is 0 Å². The van der Waals surface area contributed by atoms with Gasteiger partial charge >= 0.3 is 5.97 Å². The van der Waals surface area contributed by atoms with E-state index in [4.69, 9.17) is 0 Å². The quantitative estimate of drug-likeness (QED) is 0.857. The lowest BCUT2D eigenvalue weighted by atomic mass is 10.0. The van der Waals surface area contributed by atoms with Crippen LogP contribution in [0.1, 0.15) is 29.6 Å². The van der Waals surface area contributed by atoms with Crippen LogP contribution in [0.15, 0.2) is 24.3 Å². The van der Waals surface area contributed by atoms with Crippen LogP contribution >= 0.6 is 0 Å². The molecule has 0 aromatic heterocycles. The highest BCUT2D eigenvalue weighted by molar-refractivity contribution is 5.97. The van der Waals surface area contributed by atoms with E-state index < -0.39 is 5.97 Å². The predicted octanol–water partition coefficient (Wildman–Crippen LogP) is 1.90. The highest BCUT2D eigenvalue weighted by Gasteiger charge is 2.25. The van der Waals surface area contributed by atoms with E-state index in [1.807, 2.05) is 7.05 Å². The number of carbonyl (C=O) groups excluding carboxylic acids is 2. The molecule has 0 saturated carbocycles. The second-order valence-corrected chi connectivity index (χ2v) is 5.05. The average molecular weight is 276 g/mol. The van der Waals surface area contributed by atoms with E-state index >= 15 is 0 Å². The molecule has 0 bridgehead atoms. The summed E-state index contributed by atoms with van der Waals surface area (Å²) in [5.74, 6) is -0.426. The maximum Gasteiger partial charge on any atom is 0.337 e. The second-order valence-electron chi connectivity index (χ2n) is 5.05. The molecule has 1 fully saturated rings. The minimum Gasteiger partial charge on any atom is -0.465 e. The number of piperidine rings is 1. The molecule has 1 N–H and O–H groups in total. The molecule has 108 valence electrons. The van der Waals surface area contributed by atoms with Gasteiger partial charge < -0.3 is 10.1 Å². The molecule has 1 aliphatic rings. The Balaban J connectivity index is 2.05. The number of likely N-dealkylation sites (tertiary alicyclic amines) is 1. The van der Waals surface area contributed by atoms with Crippen molar-refractivity contribution in [2.45, 2.75) is 25.3 Å². The molecule has 1 unspecified atom stereocenters. The predicted molar refractivity (Wildman–Crippen MR) is 76.7 cm³/mol. The summed E-state index contributed by atoms with van der Waals surface area (Å²) in [6.45, 7) is 0.945. The second kappa shape index (κ2) is 6.52. The van der Waals surface area contributed by atoms with Crippen LogP contribution in [-0.4, -0.2) is 43.5 Å². The summed E-state index contributed by atoms with van der Waals surface area (Å²) in [4.78, 5) is 25.8. The van der Waals surface area contributed by atoms with Gasteiger partial charge in [0.1, 0.15) is 0 Å². The number of hydrogen-bond acceptors (Lipinski definition) is 4. The summed E-state index contributed by atoms with van der Waals surface area (Å²) >= 11 is 0. The molecule has 1 heterocycles. The van der Waals surface area contributed by atoms with Crippen molar-refractivity contribution in [1.29, 1.82) is 0 Å². The first-order valence-electron chi connectivity index (χ1n) is 6.81. The molecule has 5 nitrogen and oxygen atoms in total. The number of nitrogens with zero attached hydrogens (tertiary/aromatic N) is 1. The number of hydrogen-bond donors (Lipinski definition) is 1. The number of rotatable bonds is 3. The summed E-state index contributed by atoms with van der Waals surface area (Å²) in [6.07, 6.45) is 3.09. The molecule has 0 radical (unpaired) electrons. The maximum absolute atomic E-state index is 12.3. The fraction of sp³-hybridized carbons (Fsp3) is 0.467. The molecule has 20 heavy (non-hydrogen) atoms. The molecule has 1 aromatic carbocycles. The van der Waals surface area contributed by atoms with E-state index in [0.717, 1.165) is 25.8 Å². The highest BCUT2D eigenvalue weighted by Crippen LogP contribution is 2.18. The van der Waals surface area contributed by atoms with Crippen LogP contribution in [0, 0.1) is 0 Å². The Morgan fingerprint density at radius 3 is 2.85 bits per heavy atom. The Hall–Kier alpha value is -1.88. The summed E-state index contributed by atoms with van der Waals surface area (Å²) in [6, 6.07) is 6.70. The first-order valence-corrected chi connectivity index (χ1v) is 6.81. The van der Waals surface area contributed by atoms with E-state index in [1.165, 1.54) is 7.11 Å². The summed E-state index contributed by atoms with van der Waals surface area (Å²) < 4.78 is 4.67. The third-order valence-corrected chi connectivity index (χ3v) is 3.62. The van der Waals surface area contributed by atoms with Gasteiger partial charge in [-0.15, -0.1) is 0 Å². The fourth-order valence-corrected chi connectivity index (χ4v) is 2.47. The Morgan fingerprint density at radius 2 is 2.15 bits per heavy atom. The summed E-state index contributed by atoms with van der Waals surface area (Å²) in [7, 11) is 3.30. The largest absolute Gasteiger partial charge is 0.465 e. The van der Waals surface area contributed by atoms with Crippen molar-refractivity contribution in [1.82, 2.24) is 4.90 Å². The molecule has 0 aliphatic carbocycles. The number of esters is 1. The monoisotopic (exact) mass is 276 g/mol. The van der Waals surface area contributed by atoms with Gasteiger partial charge in [-0.1, -0.05) is 12.5 Å². The average Bonchev–Trinajstić information content (AvgIpc) is 2.47. The topological polar surface area (TPSA) is 58.6 Å². The molecule has 1 saturated heterocycles. The van der Waals surface area contributed by atoms with Crippen LogP contribution < -0.4 is 5.32 Å². The number of carbonyl (C=O) groups is 2. The lowest BCUT2D eigenvalue weighted by Crippen LogP contribution is -2.44. The molecule has 2 rings (SSSR count). The summed E-state index contributed by atoms with van der Waals surface area (Å²) in [5.41, 5.74) is 1.05. The minimum absolute atomic E-state index is 0.0192. The third-order valence-electron chi connectivity index (χ3n) is 3.62. The van der Waals surface area contributed by atoms with Gasteiger partial charge in [-0.3, -0.25) is 9.69 Å². The van der Waals surface area contributed by atoms with Gasteiger partial charge in [0, 0.05) is 5.69 Å². The number of ether oxygens (including phenoxy) is 1. The van der Waals surface area contributed by atoms with Crippen molar-refractivity contribution >= 4 is 17.6 Å². The SMILES string of the molecule is COC(=O)c1cccc(NC(=O)C2CCCCN2C)c1. The number of likely N-dealkylation sites (N-methyl/N-ethyl adjacent to an activating group) is 1. The van der Waals surface area contributed by atoms with Gasteiger partial charge in [-0.2, -0.15) is 0 Å². The van der Waals surface area contributed by atoms with Gasteiger partial charge in [0.25, 0.3) is 0 Å². The Bertz CT molecular complexity index is 502. The number of anilines is 1. The smallest absolute Gasteiger partial charge is 0.337 e. The molecule has 1 aromatic rings. The van der Waals surface area contributed by atoms with Gasteiger partial charge in [0.05, 0.1) is 18.7 Å².